The second kappa shape index (κ2) is 6.93. The molecule has 5 rings (SSSR count). The average Bonchev–Trinajstić information content (AvgIpc) is 3.41. The van der Waals surface area contributed by atoms with Crippen molar-refractivity contribution in [2.24, 2.45) is 11.8 Å². The quantitative estimate of drug-likeness (QED) is 0.906. The zero-order chi connectivity index (χ0) is 16.5. The van der Waals surface area contributed by atoms with E-state index in [1.54, 1.807) is 0 Å². The number of rotatable bonds is 4. The minimum absolute atomic E-state index is 0.0788. The van der Waals surface area contributed by atoms with Gasteiger partial charge in [-0.3, -0.25) is 4.90 Å². The highest BCUT2D eigenvalue weighted by molar-refractivity contribution is 6.30. The van der Waals surface area contributed by atoms with Gasteiger partial charge in [-0.05, 0) is 55.2 Å². The summed E-state index contributed by atoms with van der Waals surface area (Å²) in [7, 11) is 0. The van der Waals surface area contributed by atoms with Crippen molar-refractivity contribution in [3.63, 3.8) is 0 Å². The highest BCUT2D eigenvalue weighted by atomic mass is 35.5. The van der Waals surface area contributed by atoms with Crippen LogP contribution in [0.2, 0.25) is 5.02 Å². The Morgan fingerprint density at radius 1 is 1.08 bits per heavy atom. The predicted molar refractivity (Wildman–Crippen MR) is 96.1 cm³/mol. The topological polar surface area (TPSA) is 35.6 Å². The molecule has 1 aromatic rings. The minimum atomic E-state index is 0.0788. The number of halogens is 1. The van der Waals surface area contributed by atoms with Gasteiger partial charge in [0.25, 0.3) is 0 Å². The van der Waals surface area contributed by atoms with E-state index in [4.69, 9.17) is 11.6 Å². The summed E-state index contributed by atoms with van der Waals surface area (Å²) in [5.41, 5.74) is 1.08. The summed E-state index contributed by atoms with van der Waals surface area (Å²) in [4.78, 5) is 17.3. The molecule has 2 amide bonds. The van der Waals surface area contributed by atoms with Crippen LogP contribution >= 0.6 is 11.6 Å². The Morgan fingerprint density at radius 2 is 1.88 bits per heavy atom. The molecule has 0 spiro atoms. The van der Waals surface area contributed by atoms with Gasteiger partial charge < -0.3 is 10.2 Å². The van der Waals surface area contributed by atoms with Gasteiger partial charge in [0.1, 0.15) is 0 Å². The van der Waals surface area contributed by atoms with E-state index in [9.17, 15) is 4.79 Å². The van der Waals surface area contributed by atoms with E-state index >= 15 is 0 Å². The van der Waals surface area contributed by atoms with Gasteiger partial charge in [-0.15, -0.1) is 0 Å². The monoisotopic (exact) mass is 347 g/mol. The SMILES string of the molecule is O=C(NCc1ccc(Cl)cc1)N1C[C@H]2CC[C@@H](C1)N(CC1CC1)C2. The van der Waals surface area contributed by atoms with E-state index in [0.717, 1.165) is 29.6 Å². The van der Waals surface area contributed by atoms with Crippen molar-refractivity contribution in [2.45, 2.75) is 38.3 Å². The molecule has 1 saturated carbocycles. The summed E-state index contributed by atoms with van der Waals surface area (Å²) in [5.74, 6) is 1.57. The number of amides is 2. The zero-order valence-electron chi connectivity index (χ0n) is 14.1. The molecule has 1 aliphatic carbocycles. The van der Waals surface area contributed by atoms with Crippen molar-refractivity contribution in [2.75, 3.05) is 26.2 Å². The Kier molecular flexibility index (Phi) is 4.68. The second-order valence-electron chi connectivity index (χ2n) is 7.68. The summed E-state index contributed by atoms with van der Waals surface area (Å²) in [6.45, 7) is 4.79. The van der Waals surface area contributed by atoms with Crippen molar-refractivity contribution < 1.29 is 4.79 Å². The van der Waals surface area contributed by atoms with Crippen LogP contribution in [-0.4, -0.2) is 48.1 Å². The van der Waals surface area contributed by atoms with Crippen LogP contribution in [0.15, 0.2) is 24.3 Å². The third kappa shape index (κ3) is 3.86. The molecule has 2 bridgehead atoms. The molecule has 0 radical (unpaired) electrons. The number of benzene rings is 1. The summed E-state index contributed by atoms with van der Waals surface area (Å²) in [5, 5.41) is 3.80. The van der Waals surface area contributed by atoms with E-state index in [1.165, 1.54) is 38.8 Å². The van der Waals surface area contributed by atoms with Gasteiger partial charge in [0.2, 0.25) is 0 Å². The number of hydrogen-bond donors (Lipinski definition) is 1. The van der Waals surface area contributed by atoms with Crippen LogP contribution in [0.3, 0.4) is 0 Å². The third-order valence-electron chi connectivity index (χ3n) is 5.66. The molecular weight excluding hydrogens is 322 g/mol. The van der Waals surface area contributed by atoms with Crippen LogP contribution in [0.5, 0.6) is 0 Å². The number of hydrogen-bond acceptors (Lipinski definition) is 2. The fourth-order valence-electron chi connectivity index (χ4n) is 4.09. The zero-order valence-corrected chi connectivity index (χ0v) is 14.8. The van der Waals surface area contributed by atoms with E-state index in [1.807, 2.05) is 29.2 Å². The van der Waals surface area contributed by atoms with Crippen molar-refractivity contribution in [1.82, 2.24) is 15.1 Å². The highest BCUT2D eigenvalue weighted by Gasteiger charge is 2.38. The van der Waals surface area contributed by atoms with Crippen LogP contribution in [0.25, 0.3) is 0 Å². The average molecular weight is 348 g/mol. The van der Waals surface area contributed by atoms with Crippen LogP contribution in [-0.2, 0) is 6.54 Å². The standard InChI is InChI=1S/C19H26ClN3O/c20-17-6-3-14(4-7-17)9-21-19(24)23-12-16-5-8-18(13-23)22(11-16)10-15-1-2-15/h3-4,6-7,15-16,18H,1-2,5,8-13H2,(H,21,24)/t16-,18-/m0/s1. The van der Waals surface area contributed by atoms with Crippen LogP contribution in [0.1, 0.15) is 31.2 Å². The molecule has 3 heterocycles. The first-order chi connectivity index (χ1) is 11.7. The van der Waals surface area contributed by atoms with E-state index < -0.39 is 0 Å². The number of piperidine rings is 1. The molecule has 5 heteroatoms. The van der Waals surface area contributed by atoms with Crippen molar-refractivity contribution in [3.05, 3.63) is 34.9 Å². The number of nitrogens with zero attached hydrogens (tertiary/aromatic N) is 2. The number of carbonyl (C=O) groups is 1. The molecule has 4 fully saturated rings. The molecule has 24 heavy (non-hydrogen) atoms. The normalized spacial score (nSPS) is 27.1. The summed E-state index contributed by atoms with van der Waals surface area (Å²) >= 11 is 5.91. The molecule has 1 N–H and O–H groups in total. The van der Waals surface area contributed by atoms with Crippen molar-refractivity contribution in [3.8, 4) is 0 Å². The van der Waals surface area contributed by atoms with Gasteiger partial charge in [-0.25, -0.2) is 4.79 Å². The number of fused-ring (bicyclic) bond motifs is 4. The van der Waals surface area contributed by atoms with Gasteiger partial charge in [-0.1, -0.05) is 23.7 Å². The molecule has 130 valence electrons. The molecule has 1 aromatic carbocycles. The Labute approximate surface area is 149 Å². The third-order valence-corrected chi connectivity index (χ3v) is 5.91. The van der Waals surface area contributed by atoms with Gasteiger partial charge >= 0.3 is 6.03 Å². The van der Waals surface area contributed by atoms with Crippen LogP contribution in [0, 0.1) is 11.8 Å². The highest BCUT2D eigenvalue weighted by Crippen LogP contribution is 2.34. The Hall–Kier alpha value is -1.26. The van der Waals surface area contributed by atoms with Crippen LogP contribution in [0.4, 0.5) is 4.79 Å². The maximum absolute atomic E-state index is 12.6. The lowest BCUT2D eigenvalue weighted by atomic mass is 9.95. The maximum atomic E-state index is 12.6. The summed E-state index contributed by atoms with van der Waals surface area (Å²) in [6, 6.07) is 8.30. The Bertz CT molecular complexity index is 587. The molecule has 0 aromatic heterocycles. The van der Waals surface area contributed by atoms with Gasteiger partial charge in [0.05, 0.1) is 0 Å². The number of nitrogens with one attached hydrogen (secondary N) is 1. The van der Waals surface area contributed by atoms with Crippen LogP contribution < -0.4 is 5.32 Å². The summed E-state index contributed by atoms with van der Waals surface area (Å²) < 4.78 is 0. The first-order valence-corrected chi connectivity index (χ1v) is 9.56. The minimum Gasteiger partial charge on any atom is -0.334 e. The fourth-order valence-corrected chi connectivity index (χ4v) is 4.22. The smallest absolute Gasteiger partial charge is 0.317 e. The first-order valence-electron chi connectivity index (χ1n) is 9.18. The number of urea groups is 1. The van der Waals surface area contributed by atoms with Crippen molar-refractivity contribution in [1.29, 1.82) is 0 Å². The Morgan fingerprint density at radius 3 is 2.62 bits per heavy atom. The molecule has 3 saturated heterocycles. The van der Waals surface area contributed by atoms with Gasteiger partial charge in [-0.2, -0.15) is 0 Å². The lowest BCUT2D eigenvalue weighted by Gasteiger charge is -2.36. The molecule has 4 aliphatic rings. The largest absolute Gasteiger partial charge is 0.334 e. The Balaban J connectivity index is 1.33. The van der Waals surface area contributed by atoms with E-state index in [-0.39, 0.29) is 6.03 Å². The van der Waals surface area contributed by atoms with Gasteiger partial charge in [0.15, 0.2) is 0 Å². The van der Waals surface area contributed by atoms with E-state index in [0.29, 0.717) is 18.5 Å². The lowest BCUT2D eigenvalue weighted by molar-refractivity contribution is 0.126. The summed E-state index contributed by atoms with van der Waals surface area (Å²) in [6.07, 6.45) is 5.32. The maximum Gasteiger partial charge on any atom is 0.317 e. The molecule has 2 atom stereocenters. The fraction of sp³-hybridized carbons (Fsp3) is 0.632. The van der Waals surface area contributed by atoms with Crippen molar-refractivity contribution >= 4 is 17.6 Å². The molecular formula is C19H26ClN3O. The molecule has 3 aliphatic heterocycles. The number of carbonyl (C=O) groups excluding carboxylic acids is 1. The van der Waals surface area contributed by atoms with E-state index in [2.05, 4.69) is 10.2 Å². The second-order valence-corrected chi connectivity index (χ2v) is 8.12. The predicted octanol–water partition coefficient (Wildman–Crippen LogP) is 3.36. The first kappa shape index (κ1) is 16.2. The molecule has 4 nitrogen and oxygen atoms in total. The lowest BCUT2D eigenvalue weighted by Crippen LogP contribution is -2.46. The van der Waals surface area contributed by atoms with Gasteiger partial charge in [0, 0.05) is 43.8 Å². The molecule has 0 unspecified atom stereocenters.